The maximum Gasteiger partial charge on any atom is 0.254 e. The first-order chi connectivity index (χ1) is 12.9. The molecule has 2 rings (SSSR count). The number of hydrogen-bond donors (Lipinski definition) is 2. The minimum absolute atomic E-state index is 0.303. The molecule has 0 fully saturated rings. The Morgan fingerprint density at radius 1 is 1.19 bits per heavy atom. The van der Waals surface area contributed by atoms with Crippen LogP contribution >= 0.6 is 0 Å². The molecule has 2 aromatic rings. The quantitative estimate of drug-likeness (QED) is 0.687. The molecule has 27 heavy (non-hydrogen) atoms. The van der Waals surface area contributed by atoms with E-state index in [2.05, 4.69) is 10.3 Å². The summed E-state index contributed by atoms with van der Waals surface area (Å²) in [5, 5.41) is 11.4. The van der Waals surface area contributed by atoms with Gasteiger partial charge in [-0.15, -0.1) is 0 Å². The fourth-order valence-electron chi connectivity index (χ4n) is 2.58. The number of Topliss-reactive ketones (excluding diaryl/α,β-unsaturated/α-hetero) is 1. The first kappa shape index (κ1) is 20.1. The number of rotatable bonds is 7. The zero-order valence-electron chi connectivity index (χ0n) is 15.3. The van der Waals surface area contributed by atoms with E-state index >= 15 is 0 Å². The highest BCUT2D eigenvalue weighted by atomic mass is 16.5. The monoisotopic (exact) mass is 371 g/mol. The number of aliphatic hydroxyl groups excluding tert-OH is 1. The number of likely N-dealkylation sites (N-methyl/N-ethyl adjacent to an activating group) is 2. The maximum absolute atomic E-state index is 12.7. The zero-order valence-corrected chi connectivity index (χ0v) is 15.3. The Bertz CT molecular complexity index is 819. The standard InChI is InChI=1S/C19H21N3O5/c1-20-18(25)17(16(24)11-23)22(2)19(26)13-6-4-12(5-7-13)14-8-15(27-3)10-21-9-14/h4-10,17,23H,11H2,1-3H3,(H,20,25). The van der Waals surface area contributed by atoms with Gasteiger partial charge in [-0.2, -0.15) is 0 Å². The lowest BCUT2D eigenvalue weighted by molar-refractivity contribution is -0.135. The van der Waals surface area contributed by atoms with E-state index in [0.717, 1.165) is 16.0 Å². The predicted molar refractivity (Wildman–Crippen MR) is 98.3 cm³/mol. The van der Waals surface area contributed by atoms with Crippen LogP contribution in [0.5, 0.6) is 5.75 Å². The van der Waals surface area contributed by atoms with Crippen LogP contribution in [-0.4, -0.2) is 66.4 Å². The van der Waals surface area contributed by atoms with Crippen LogP contribution in [0, 0.1) is 0 Å². The number of methoxy groups -OCH3 is 1. The van der Waals surface area contributed by atoms with Crippen molar-refractivity contribution in [1.82, 2.24) is 15.2 Å². The summed E-state index contributed by atoms with van der Waals surface area (Å²) < 4.78 is 5.15. The summed E-state index contributed by atoms with van der Waals surface area (Å²) in [4.78, 5) is 41.6. The Hall–Kier alpha value is -3.26. The third-order valence-corrected chi connectivity index (χ3v) is 4.08. The van der Waals surface area contributed by atoms with Gasteiger partial charge in [-0.3, -0.25) is 19.4 Å². The molecule has 2 amide bonds. The lowest BCUT2D eigenvalue weighted by Gasteiger charge is -2.25. The van der Waals surface area contributed by atoms with Gasteiger partial charge in [-0.1, -0.05) is 12.1 Å². The average molecular weight is 371 g/mol. The number of hydrogen-bond acceptors (Lipinski definition) is 6. The molecule has 0 aliphatic rings. The van der Waals surface area contributed by atoms with Crippen LogP contribution in [0.25, 0.3) is 11.1 Å². The minimum atomic E-state index is -1.39. The van der Waals surface area contributed by atoms with E-state index in [9.17, 15) is 14.4 Å². The summed E-state index contributed by atoms with van der Waals surface area (Å²) in [6.45, 7) is -0.836. The fourth-order valence-corrected chi connectivity index (χ4v) is 2.58. The Balaban J connectivity index is 2.25. The number of nitrogens with zero attached hydrogens (tertiary/aromatic N) is 2. The molecule has 8 heteroatoms. The van der Waals surface area contributed by atoms with Crippen LogP contribution in [-0.2, 0) is 9.59 Å². The summed E-state index contributed by atoms with van der Waals surface area (Å²) in [5.74, 6) is -1.32. The third-order valence-electron chi connectivity index (χ3n) is 4.08. The molecule has 0 bridgehead atoms. The summed E-state index contributed by atoms with van der Waals surface area (Å²) in [7, 11) is 4.25. The van der Waals surface area contributed by atoms with E-state index < -0.39 is 30.2 Å². The number of amides is 2. The number of carbonyl (C=O) groups is 3. The van der Waals surface area contributed by atoms with Crippen LogP contribution in [0.3, 0.4) is 0 Å². The molecule has 1 atom stereocenters. The van der Waals surface area contributed by atoms with E-state index in [1.165, 1.54) is 14.1 Å². The van der Waals surface area contributed by atoms with Crippen molar-refractivity contribution in [2.45, 2.75) is 6.04 Å². The fraction of sp³-hybridized carbons (Fsp3) is 0.263. The normalized spacial score (nSPS) is 11.4. The second-order valence-corrected chi connectivity index (χ2v) is 5.75. The van der Waals surface area contributed by atoms with Crippen LogP contribution in [0.2, 0.25) is 0 Å². The van der Waals surface area contributed by atoms with Gasteiger partial charge in [0.05, 0.1) is 13.3 Å². The molecular weight excluding hydrogens is 350 g/mol. The van der Waals surface area contributed by atoms with Crippen LogP contribution < -0.4 is 10.1 Å². The summed E-state index contributed by atoms with van der Waals surface area (Å²) in [6, 6.07) is 7.09. The predicted octanol–water partition coefficient (Wildman–Crippen LogP) is 0.505. The third kappa shape index (κ3) is 4.48. The van der Waals surface area contributed by atoms with E-state index in [-0.39, 0.29) is 0 Å². The highest BCUT2D eigenvalue weighted by Crippen LogP contribution is 2.23. The largest absolute Gasteiger partial charge is 0.495 e. The molecule has 0 spiro atoms. The molecule has 0 radical (unpaired) electrons. The van der Waals surface area contributed by atoms with Crippen LogP contribution in [0.15, 0.2) is 42.7 Å². The molecule has 0 aliphatic heterocycles. The first-order valence-corrected chi connectivity index (χ1v) is 8.14. The van der Waals surface area contributed by atoms with Gasteiger partial charge in [0.25, 0.3) is 5.91 Å². The molecule has 1 unspecified atom stereocenters. The topological polar surface area (TPSA) is 109 Å². The number of carbonyl (C=O) groups excluding carboxylic acids is 3. The summed E-state index contributed by atoms with van der Waals surface area (Å²) in [6.07, 6.45) is 3.26. The second kappa shape index (κ2) is 8.91. The number of aromatic nitrogens is 1. The molecule has 0 aliphatic carbocycles. The first-order valence-electron chi connectivity index (χ1n) is 8.14. The van der Waals surface area contributed by atoms with Gasteiger partial charge in [0.2, 0.25) is 5.91 Å². The molecule has 2 N–H and O–H groups in total. The van der Waals surface area contributed by atoms with Crippen molar-refractivity contribution in [2.75, 3.05) is 27.8 Å². The Kier molecular flexibility index (Phi) is 6.62. The lowest BCUT2D eigenvalue weighted by atomic mass is 10.0. The van der Waals surface area contributed by atoms with Crippen LogP contribution in [0.4, 0.5) is 0 Å². The van der Waals surface area contributed by atoms with Gasteiger partial charge in [-0.05, 0) is 23.8 Å². The number of nitrogens with one attached hydrogen (secondary N) is 1. The van der Waals surface area contributed by atoms with Gasteiger partial charge in [0.1, 0.15) is 12.4 Å². The van der Waals surface area contributed by atoms with Crippen molar-refractivity contribution in [3.8, 4) is 16.9 Å². The van der Waals surface area contributed by atoms with Crippen molar-refractivity contribution in [1.29, 1.82) is 0 Å². The Morgan fingerprint density at radius 2 is 1.85 bits per heavy atom. The van der Waals surface area contributed by atoms with Crippen molar-refractivity contribution >= 4 is 17.6 Å². The zero-order chi connectivity index (χ0) is 20.0. The van der Waals surface area contributed by atoms with E-state index in [1.807, 2.05) is 6.07 Å². The van der Waals surface area contributed by atoms with Gasteiger partial charge in [0.15, 0.2) is 11.8 Å². The van der Waals surface area contributed by atoms with Gasteiger partial charge >= 0.3 is 0 Å². The van der Waals surface area contributed by atoms with Crippen molar-refractivity contribution < 1.29 is 24.2 Å². The smallest absolute Gasteiger partial charge is 0.254 e. The number of ether oxygens (including phenoxy) is 1. The summed E-state index contributed by atoms with van der Waals surface area (Å²) in [5.41, 5.74) is 1.95. The maximum atomic E-state index is 12.7. The molecular formula is C19H21N3O5. The van der Waals surface area contributed by atoms with Crippen molar-refractivity contribution in [3.05, 3.63) is 48.3 Å². The van der Waals surface area contributed by atoms with Gasteiger partial charge < -0.3 is 20.1 Å². The number of pyridine rings is 1. The van der Waals surface area contributed by atoms with E-state index in [4.69, 9.17) is 9.84 Å². The van der Waals surface area contributed by atoms with Crippen LogP contribution in [0.1, 0.15) is 10.4 Å². The molecule has 1 heterocycles. The Morgan fingerprint density at radius 3 is 2.41 bits per heavy atom. The van der Waals surface area contributed by atoms with Crippen molar-refractivity contribution in [3.63, 3.8) is 0 Å². The van der Waals surface area contributed by atoms with Gasteiger partial charge in [0, 0.05) is 31.4 Å². The number of aliphatic hydroxyl groups is 1. The number of ketones is 1. The highest BCUT2D eigenvalue weighted by Gasteiger charge is 2.32. The average Bonchev–Trinajstić information content (AvgIpc) is 2.72. The molecule has 0 saturated heterocycles. The number of benzene rings is 1. The van der Waals surface area contributed by atoms with Crippen molar-refractivity contribution in [2.24, 2.45) is 0 Å². The SMILES string of the molecule is CNC(=O)C(C(=O)CO)N(C)C(=O)c1ccc(-c2cncc(OC)c2)cc1. The molecule has 1 aromatic carbocycles. The second-order valence-electron chi connectivity index (χ2n) is 5.75. The Labute approximate surface area is 156 Å². The van der Waals surface area contributed by atoms with E-state index in [0.29, 0.717) is 11.3 Å². The van der Waals surface area contributed by atoms with Gasteiger partial charge in [-0.25, -0.2) is 0 Å². The minimum Gasteiger partial charge on any atom is -0.495 e. The molecule has 142 valence electrons. The highest BCUT2D eigenvalue weighted by molar-refractivity contribution is 6.10. The molecule has 1 aromatic heterocycles. The molecule has 0 saturated carbocycles. The van der Waals surface area contributed by atoms with E-state index in [1.54, 1.807) is 43.8 Å². The molecule has 8 nitrogen and oxygen atoms in total. The summed E-state index contributed by atoms with van der Waals surface area (Å²) >= 11 is 0. The lowest BCUT2D eigenvalue weighted by Crippen LogP contribution is -2.52.